The second kappa shape index (κ2) is 7.24. The highest BCUT2D eigenvalue weighted by Crippen LogP contribution is 2.19. The van der Waals surface area contributed by atoms with Crippen LogP contribution < -0.4 is 5.32 Å². The van der Waals surface area contributed by atoms with Gasteiger partial charge in [0.2, 0.25) is 0 Å². The van der Waals surface area contributed by atoms with Crippen molar-refractivity contribution >= 4 is 11.3 Å². The quantitative estimate of drug-likeness (QED) is 0.804. The molecule has 0 spiro atoms. The Morgan fingerprint density at radius 2 is 1.86 bits per heavy atom. The maximum atomic E-state index is 3.68. The molecule has 1 aromatic carbocycles. The predicted octanol–water partition coefficient (Wildman–Crippen LogP) is 4.85. The fourth-order valence-electron chi connectivity index (χ4n) is 2.56. The Bertz CT molecular complexity index is 537. The molecule has 1 unspecified atom stereocenters. The molecule has 1 nitrogen and oxygen atoms in total. The van der Waals surface area contributed by atoms with Crippen LogP contribution in [0.5, 0.6) is 0 Å². The van der Waals surface area contributed by atoms with Gasteiger partial charge in [-0.25, -0.2) is 0 Å². The first-order valence-electron chi connectivity index (χ1n) is 7.74. The first-order valence-corrected chi connectivity index (χ1v) is 8.69. The van der Waals surface area contributed by atoms with Crippen molar-refractivity contribution in [1.29, 1.82) is 0 Å². The largest absolute Gasteiger partial charge is 0.312 e. The second-order valence-electron chi connectivity index (χ2n) is 6.96. The summed E-state index contributed by atoms with van der Waals surface area (Å²) in [6.07, 6.45) is 2.30. The molecular formula is C19H27NS. The smallest absolute Gasteiger partial charge is 0.00966 e. The second-order valence-corrected chi connectivity index (χ2v) is 7.74. The van der Waals surface area contributed by atoms with E-state index in [2.05, 4.69) is 74.1 Å². The molecule has 0 radical (unpaired) electrons. The van der Waals surface area contributed by atoms with E-state index in [0.29, 0.717) is 5.92 Å². The van der Waals surface area contributed by atoms with Crippen molar-refractivity contribution in [1.82, 2.24) is 5.32 Å². The minimum Gasteiger partial charge on any atom is -0.312 e. The third-order valence-electron chi connectivity index (χ3n) is 3.80. The first kappa shape index (κ1) is 16.3. The Morgan fingerprint density at radius 1 is 1.10 bits per heavy atom. The molecule has 2 aromatic rings. The maximum Gasteiger partial charge on any atom is 0.00966 e. The number of aryl methyl sites for hydroxylation is 1. The first-order chi connectivity index (χ1) is 9.94. The summed E-state index contributed by atoms with van der Waals surface area (Å²) in [4.78, 5) is 0. The molecule has 2 heteroatoms. The maximum absolute atomic E-state index is 3.68. The molecular weight excluding hydrogens is 274 g/mol. The number of nitrogens with one attached hydrogen (secondary N) is 1. The molecule has 0 amide bonds. The number of thiophene rings is 1. The average molecular weight is 301 g/mol. The number of rotatable bonds is 6. The summed E-state index contributed by atoms with van der Waals surface area (Å²) in [6, 6.07) is 11.0. The van der Waals surface area contributed by atoms with Crippen molar-refractivity contribution in [2.45, 2.75) is 46.1 Å². The van der Waals surface area contributed by atoms with Gasteiger partial charge in [0.05, 0.1) is 0 Å². The van der Waals surface area contributed by atoms with Crippen LogP contribution in [0.15, 0.2) is 41.1 Å². The van der Waals surface area contributed by atoms with Crippen molar-refractivity contribution < 1.29 is 0 Å². The lowest BCUT2D eigenvalue weighted by Crippen LogP contribution is -2.40. The summed E-state index contributed by atoms with van der Waals surface area (Å²) in [6.45, 7) is 10.00. The van der Waals surface area contributed by atoms with Crippen LogP contribution in [0.25, 0.3) is 0 Å². The van der Waals surface area contributed by atoms with Gasteiger partial charge in [-0.3, -0.25) is 0 Å². The molecule has 21 heavy (non-hydrogen) atoms. The summed E-state index contributed by atoms with van der Waals surface area (Å²) in [7, 11) is 0. The molecule has 1 atom stereocenters. The minimum absolute atomic E-state index is 0.179. The summed E-state index contributed by atoms with van der Waals surface area (Å²) in [5, 5.41) is 8.14. The van der Waals surface area contributed by atoms with E-state index < -0.39 is 0 Å². The van der Waals surface area contributed by atoms with Crippen LogP contribution in [0.3, 0.4) is 0 Å². The minimum atomic E-state index is 0.179. The van der Waals surface area contributed by atoms with E-state index in [1.54, 1.807) is 11.3 Å². The zero-order valence-corrected chi connectivity index (χ0v) is 14.5. The Kier molecular flexibility index (Phi) is 5.60. The number of hydrogen-bond donors (Lipinski definition) is 1. The van der Waals surface area contributed by atoms with E-state index in [0.717, 1.165) is 19.4 Å². The molecule has 1 N–H and O–H groups in total. The molecule has 0 aliphatic carbocycles. The van der Waals surface area contributed by atoms with Crippen LogP contribution >= 0.6 is 11.3 Å². The fourth-order valence-corrected chi connectivity index (χ4v) is 3.24. The van der Waals surface area contributed by atoms with E-state index >= 15 is 0 Å². The number of hydrogen-bond acceptors (Lipinski definition) is 2. The molecule has 0 aliphatic heterocycles. The highest BCUT2D eigenvalue weighted by atomic mass is 32.1. The van der Waals surface area contributed by atoms with Gasteiger partial charge in [0.1, 0.15) is 0 Å². The molecule has 1 aromatic heterocycles. The van der Waals surface area contributed by atoms with Crippen molar-refractivity contribution in [3.8, 4) is 0 Å². The van der Waals surface area contributed by atoms with Crippen molar-refractivity contribution in [3.63, 3.8) is 0 Å². The molecule has 2 rings (SSSR count). The summed E-state index contributed by atoms with van der Waals surface area (Å²) in [5.74, 6) is 0.639. The van der Waals surface area contributed by atoms with Crippen LogP contribution in [-0.2, 0) is 12.8 Å². The van der Waals surface area contributed by atoms with Crippen LogP contribution in [0.4, 0.5) is 0 Å². The van der Waals surface area contributed by atoms with Gasteiger partial charge >= 0.3 is 0 Å². The number of benzene rings is 1. The van der Waals surface area contributed by atoms with Crippen molar-refractivity contribution in [2.75, 3.05) is 6.54 Å². The molecule has 0 fully saturated rings. The van der Waals surface area contributed by atoms with Crippen LogP contribution in [0.2, 0.25) is 0 Å². The highest BCUT2D eigenvalue weighted by Gasteiger charge is 2.16. The highest BCUT2D eigenvalue weighted by molar-refractivity contribution is 7.07. The van der Waals surface area contributed by atoms with E-state index in [4.69, 9.17) is 0 Å². The zero-order valence-electron chi connectivity index (χ0n) is 13.6. The monoisotopic (exact) mass is 301 g/mol. The molecule has 0 aliphatic rings. The summed E-state index contributed by atoms with van der Waals surface area (Å²) < 4.78 is 0. The third-order valence-corrected chi connectivity index (χ3v) is 4.53. The lowest BCUT2D eigenvalue weighted by Gasteiger charge is -2.26. The predicted molar refractivity (Wildman–Crippen MR) is 94.2 cm³/mol. The van der Waals surface area contributed by atoms with Gasteiger partial charge in [0.15, 0.2) is 0 Å². The lowest BCUT2D eigenvalue weighted by molar-refractivity contribution is 0.367. The van der Waals surface area contributed by atoms with Crippen LogP contribution in [0.1, 0.15) is 37.5 Å². The van der Waals surface area contributed by atoms with Gasteiger partial charge in [-0.05, 0) is 86.5 Å². The van der Waals surface area contributed by atoms with E-state index in [1.165, 1.54) is 16.7 Å². The Balaban J connectivity index is 2.06. The SMILES string of the molecule is Cc1ccccc1CC(CNC(C)(C)C)Cc1ccsc1. The van der Waals surface area contributed by atoms with Gasteiger partial charge in [0.25, 0.3) is 0 Å². The fraction of sp³-hybridized carbons (Fsp3) is 0.474. The lowest BCUT2D eigenvalue weighted by atomic mass is 9.91. The van der Waals surface area contributed by atoms with E-state index in [9.17, 15) is 0 Å². The normalized spacial score (nSPS) is 13.3. The van der Waals surface area contributed by atoms with Gasteiger partial charge in [-0.2, -0.15) is 11.3 Å². The average Bonchev–Trinajstić information content (AvgIpc) is 2.90. The Hall–Kier alpha value is -1.12. The molecule has 1 heterocycles. The Labute approximate surface area is 133 Å². The van der Waals surface area contributed by atoms with Gasteiger partial charge in [-0.15, -0.1) is 0 Å². The summed E-state index contributed by atoms with van der Waals surface area (Å²) in [5.41, 5.74) is 4.53. The Morgan fingerprint density at radius 3 is 2.48 bits per heavy atom. The molecule has 0 saturated carbocycles. The van der Waals surface area contributed by atoms with Gasteiger partial charge in [-0.1, -0.05) is 24.3 Å². The van der Waals surface area contributed by atoms with E-state index in [-0.39, 0.29) is 5.54 Å². The van der Waals surface area contributed by atoms with E-state index in [1.807, 2.05) is 0 Å². The molecule has 114 valence electrons. The zero-order chi connectivity index (χ0) is 15.3. The van der Waals surface area contributed by atoms with Crippen LogP contribution in [-0.4, -0.2) is 12.1 Å². The summed E-state index contributed by atoms with van der Waals surface area (Å²) >= 11 is 1.79. The van der Waals surface area contributed by atoms with Gasteiger partial charge in [0, 0.05) is 5.54 Å². The molecule has 0 bridgehead atoms. The van der Waals surface area contributed by atoms with Crippen molar-refractivity contribution in [2.24, 2.45) is 5.92 Å². The third kappa shape index (κ3) is 5.64. The van der Waals surface area contributed by atoms with Crippen LogP contribution in [0, 0.1) is 12.8 Å². The standard InChI is InChI=1S/C19H27NS/c1-15-7-5-6-8-18(15)12-17(13-20-19(2,3)4)11-16-9-10-21-14-16/h5-10,14,17,20H,11-13H2,1-4H3. The van der Waals surface area contributed by atoms with Gasteiger partial charge < -0.3 is 5.32 Å². The molecule has 0 saturated heterocycles. The topological polar surface area (TPSA) is 12.0 Å². The van der Waals surface area contributed by atoms with Crippen molar-refractivity contribution in [3.05, 3.63) is 57.8 Å².